The number of fused-ring (bicyclic) bond motifs is 1. The smallest absolute Gasteiger partial charge is 0.234 e. The highest BCUT2D eigenvalue weighted by atomic mass is 79.9. The number of nitrogens with one attached hydrogen (secondary N) is 1. The van der Waals surface area contributed by atoms with Gasteiger partial charge in [-0.1, -0.05) is 48.2 Å². The summed E-state index contributed by atoms with van der Waals surface area (Å²) >= 11 is 4.74. The molecule has 1 N–H and O–H groups in total. The number of carbonyl (C=O) groups is 1. The van der Waals surface area contributed by atoms with Crippen LogP contribution in [0.4, 0.5) is 5.69 Å². The third-order valence-corrected chi connectivity index (χ3v) is 5.81. The van der Waals surface area contributed by atoms with E-state index in [1.807, 2.05) is 59.2 Å². The fourth-order valence-corrected chi connectivity index (χ4v) is 3.97. The lowest BCUT2D eigenvalue weighted by molar-refractivity contribution is -0.113. The normalized spacial score (nSPS) is 10.9. The highest BCUT2D eigenvalue weighted by molar-refractivity contribution is 9.10. The van der Waals surface area contributed by atoms with Crippen LogP contribution in [0.25, 0.3) is 22.6 Å². The Morgan fingerprint density at radius 3 is 2.79 bits per heavy atom. The highest BCUT2D eigenvalue weighted by Gasteiger charge is 2.18. The zero-order valence-corrected chi connectivity index (χ0v) is 17.7. The third kappa shape index (κ3) is 4.28. The maximum atomic E-state index is 12.4. The maximum absolute atomic E-state index is 12.4. The summed E-state index contributed by atoms with van der Waals surface area (Å²) in [7, 11) is 0. The van der Waals surface area contributed by atoms with Gasteiger partial charge in [0.1, 0.15) is 5.58 Å². The molecule has 8 heteroatoms. The molecule has 0 spiro atoms. The van der Waals surface area contributed by atoms with E-state index in [0.717, 1.165) is 21.1 Å². The Morgan fingerprint density at radius 2 is 2.00 bits per heavy atom. The summed E-state index contributed by atoms with van der Waals surface area (Å²) in [4.78, 5) is 12.4. The highest BCUT2D eigenvalue weighted by Crippen LogP contribution is 2.29. The Bertz CT molecular complexity index is 1150. The molecular weight excluding hydrogens is 452 g/mol. The summed E-state index contributed by atoms with van der Waals surface area (Å²) < 4.78 is 8.64. The molecule has 0 fully saturated rings. The number of benzene rings is 2. The molecule has 2 heterocycles. The molecule has 1 amide bonds. The van der Waals surface area contributed by atoms with Crippen molar-refractivity contribution < 1.29 is 9.21 Å². The van der Waals surface area contributed by atoms with Crippen molar-refractivity contribution in [2.24, 2.45) is 0 Å². The number of allylic oxidation sites excluding steroid dienone is 1. The quantitative estimate of drug-likeness (QED) is 0.291. The van der Waals surface area contributed by atoms with Crippen LogP contribution in [0.2, 0.25) is 0 Å². The van der Waals surface area contributed by atoms with Gasteiger partial charge < -0.3 is 9.73 Å². The minimum Gasteiger partial charge on any atom is -0.453 e. The Hall–Kier alpha value is -2.84. The summed E-state index contributed by atoms with van der Waals surface area (Å²) in [5.74, 6) is 1.32. The molecule has 0 unspecified atom stereocenters. The number of halogens is 1. The predicted molar refractivity (Wildman–Crippen MR) is 119 cm³/mol. The molecule has 2 aromatic carbocycles. The second kappa shape index (κ2) is 8.67. The SMILES string of the molecule is C=CCn1c(SCC(=O)Nc2ccccc2Br)nnc1-c1cc2ccccc2o1. The van der Waals surface area contributed by atoms with Gasteiger partial charge in [-0.05, 0) is 40.2 Å². The third-order valence-electron chi connectivity index (χ3n) is 4.15. The summed E-state index contributed by atoms with van der Waals surface area (Å²) in [5.41, 5.74) is 1.52. The topological polar surface area (TPSA) is 73.0 Å². The van der Waals surface area contributed by atoms with Gasteiger partial charge in [0.05, 0.1) is 11.4 Å². The van der Waals surface area contributed by atoms with Crippen LogP contribution in [0, 0.1) is 0 Å². The van der Waals surface area contributed by atoms with Crippen molar-refractivity contribution in [2.45, 2.75) is 11.7 Å². The van der Waals surface area contributed by atoms with Crippen molar-refractivity contribution >= 4 is 50.3 Å². The Kier molecular flexibility index (Phi) is 5.82. The number of amides is 1. The fraction of sp³-hybridized carbons (Fsp3) is 0.0952. The van der Waals surface area contributed by atoms with E-state index in [1.165, 1.54) is 11.8 Å². The molecule has 6 nitrogen and oxygen atoms in total. The molecule has 29 heavy (non-hydrogen) atoms. The van der Waals surface area contributed by atoms with Crippen LogP contribution in [-0.2, 0) is 11.3 Å². The number of para-hydroxylation sites is 2. The number of aromatic nitrogens is 3. The van der Waals surface area contributed by atoms with Gasteiger partial charge in [-0.15, -0.1) is 16.8 Å². The zero-order chi connectivity index (χ0) is 20.2. The lowest BCUT2D eigenvalue weighted by Crippen LogP contribution is -2.15. The molecule has 2 aromatic heterocycles. The molecule has 0 saturated carbocycles. The molecule has 0 radical (unpaired) electrons. The average Bonchev–Trinajstić information content (AvgIpc) is 3.32. The first-order valence-electron chi connectivity index (χ1n) is 8.86. The number of nitrogens with zero attached hydrogens (tertiary/aromatic N) is 3. The molecule has 0 saturated heterocycles. The van der Waals surface area contributed by atoms with Crippen LogP contribution < -0.4 is 5.32 Å². The van der Waals surface area contributed by atoms with Crippen LogP contribution in [0.3, 0.4) is 0 Å². The zero-order valence-electron chi connectivity index (χ0n) is 15.3. The largest absolute Gasteiger partial charge is 0.453 e. The van der Waals surface area contributed by atoms with Gasteiger partial charge in [0.15, 0.2) is 10.9 Å². The molecule has 0 aliphatic heterocycles. The van der Waals surface area contributed by atoms with E-state index in [2.05, 4.69) is 38.0 Å². The minimum absolute atomic E-state index is 0.125. The Balaban J connectivity index is 1.53. The number of furan rings is 1. The number of anilines is 1. The second-order valence-corrected chi connectivity index (χ2v) is 7.97. The van der Waals surface area contributed by atoms with Crippen LogP contribution in [0.1, 0.15) is 0 Å². The lowest BCUT2D eigenvalue weighted by Gasteiger charge is -2.08. The molecule has 4 aromatic rings. The van der Waals surface area contributed by atoms with Gasteiger partial charge in [-0.25, -0.2) is 0 Å². The molecular formula is C21H17BrN4O2S. The van der Waals surface area contributed by atoms with Gasteiger partial charge in [-0.2, -0.15) is 0 Å². The predicted octanol–water partition coefficient (Wildman–Crippen LogP) is 5.37. The van der Waals surface area contributed by atoms with Crippen LogP contribution >= 0.6 is 27.7 Å². The average molecular weight is 469 g/mol. The number of hydrogen-bond donors (Lipinski definition) is 1. The van der Waals surface area contributed by atoms with Crippen molar-refractivity contribution in [3.05, 3.63) is 71.7 Å². The maximum Gasteiger partial charge on any atom is 0.234 e. The van der Waals surface area contributed by atoms with E-state index in [9.17, 15) is 4.79 Å². The summed E-state index contributed by atoms with van der Waals surface area (Å²) in [6, 6.07) is 17.2. The fourth-order valence-electron chi connectivity index (χ4n) is 2.84. The van der Waals surface area contributed by atoms with Crippen LogP contribution in [0.5, 0.6) is 0 Å². The number of carbonyl (C=O) groups excluding carboxylic acids is 1. The first-order chi connectivity index (χ1) is 14.2. The van der Waals surface area contributed by atoms with E-state index >= 15 is 0 Å². The van der Waals surface area contributed by atoms with E-state index in [-0.39, 0.29) is 11.7 Å². The van der Waals surface area contributed by atoms with E-state index in [1.54, 1.807) is 6.08 Å². The molecule has 0 atom stereocenters. The second-order valence-electron chi connectivity index (χ2n) is 6.17. The number of hydrogen-bond acceptors (Lipinski definition) is 5. The van der Waals surface area contributed by atoms with Gasteiger partial charge in [0.2, 0.25) is 11.7 Å². The molecule has 0 aliphatic rings. The van der Waals surface area contributed by atoms with Crippen LogP contribution in [-0.4, -0.2) is 26.4 Å². The Labute approximate surface area is 180 Å². The van der Waals surface area contributed by atoms with E-state index in [4.69, 9.17) is 4.42 Å². The standard InChI is InChI=1S/C21H17BrN4O2S/c1-2-11-26-20(18-12-14-7-3-6-10-17(14)28-18)24-25-21(26)29-13-19(27)23-16-9-5-4-8-15(16)22/h2-10,12H,1,11,13H2,(H,23,27). The summed E-state index contributed by atoms with van der Waals surface area (Å²) in [6.07, 6.45) is 1.76. The van der Waals surface area contributed by atoms with Crippen molar-refractivity contribution in [1.29, 1.82) is 0 Å². The van der Waals surface area contributed by atoms with E-state index in [0.29, 0.717) is 23.3 Å². The number of rotatable bonds is 7. The van der Waals surface area contributed by atoms with Gasteiger partial charge in [-0.3, -0.25) is 9.36 Å². The summed E-state index contributed by atoms with van der Waals surface area (Å²) in [5, 5.41) is 13.1. The number of thioether (sulfide) groups is 1. The van der Waals surface area contributed by atoms with Crippen molar-refractivity contribution in [3.63, 3.8) is 0 Å². The Morgan fingerprint density at radius 1 is 1.21 bits per heavy atom. The first-order valence-corrected chi connectivity index (χ1v) is 10.6. The van der Waals surface area contributed by atoms with Crippen molar-refractivity contribution in [3.8, 4) is 11.6 Å². The van der Waals surface area contributed by atoms with Crippen molar-refractivity contribution in [2.75, 3.05) is 11.1 Å². The van der Waals surface area contributed by atoms with E-state index < -0.39 is 0 Å². The molecule has 4 rings (SSSR count). The van der Waals surface area contributed by atoms with Crippen LogP contribution in [0.15, 0.2) is 81.3 Å². The minimum atomic E-state index is -0.125. The van der Waals surface area contributed by atoms with Gasteiger partial charge in [0, 0.05) is 16.4 Å². The monoisotopic (exact) mass is 468 g/mol. The first kappa shape index (κ1) is 19.5. The van der Waals surface area contributed by atoms with Crippen molar-refractivity contribution in [1.82, 2.24) is 14.8 Å². The summed E-state index contributed by atoms with van der Waals surface area (Å²) in [6.45, 7) is 4.32. The molecule has 0 bridgehead atoms. The van der Waals surface area contributed by atoms with Gasteiger partial charge in [0.25, 0.3) is 0 Å². The molecule has 146 valence electrons. The molecule has 0 aliphatic carbocycles. The van der Waals surface area contributed by atoms with Gasteiger partial charge >= 0.3 is 0 Å². The lowest BCUT2D eigenvalue weighted by atomic mass is 10.2.